The minimum absolute atomic E-state index is 0.0255. The molecule has 4 saturated carbocycles. The molecule has 1 heterocycles. The standard InChI is InChI=1S/C31H43BFNO7/c1-17-9-11-31-12-10-21(35)27(31)30(17,4)23(13-29(3,28(37)18(31)2)16-34-20-6-7-20)41-24(36)15-39-22-8-5-19-14-40-32(38)25(19)26(22)33/h5,8,17-18,20,23,27-28,34,37-38H,6-7,9-16H2,1-4H3/t17-,18+,23-,27+,28+,29+,30+,31+/m1/s1. The van der Waals surface area contributed by atoms with E-state index in [-0.39, 0.29) is 46.8 Å². The molecule has 8 nitrogen and oxygen atoms in total. The molecule has 41 heavy (non-hydrogen) atoms. The summed E-state index contributed by atoms with van der Waals surface area (Å²) in [6.07, 6.45) is 4.34. The largest absolute Gasteiger partial charge is 0.494 e. The Kier molecular flexibility index (Phi) is 7.32. The van der Waals surface area contributed by atoms with Gasteiger partial charge in [0, 0.05) is 41.2 Å². The van der Waals surface area contributed by atoms with E-state index in [1.165, 1.54) is 6.07 Å². The number of esters is 1. The van der Waals surface area contributed by atoms with Crippen molar-refractivity contribution in [1.82, 2.24) is 5.32 Å². The second-order valence-corrected chi connectivity index (χ2v) is 14.1. The number of carbonyl (C=O) groups excluding carboxylic acids is 2. The third kappa shape index (κ3) is 4.64. The summed E-state index contributed by atoms with van der Waals surface area (Å²) in [5, 5.41) is 25.5. The van der Waals surface area contributed by atoms with Crippen molar-refractivity contribution >= 4 is 24.3 Å². The third-order valence-corrected chi connectivity index (χ3v) is 11.8. The van der Waals surface area contributed by atoms with E-state index in [0.717, 1.165) is 32.1 Å². The number of hydrogen-bond donors (Lipinski definition) is 3. The van der Waals surface area contributed by atoms with Crippen LogP contribution in [0.25, 0.3) is 0 Å². The Hall–Kier alpha value is -2.01. The van der Waals surface area contributed by atoms with Crippen LogP contribution in [-0.4, -0.2) is 60.4 Å². The van der Waals surface area contributed by atoms with Crippen molar-refractivity contribution in [2.24, 2.45) is 34.0 Å². The summed E-state index contributed by atoms with van der Waals surface area (Å²) in [5.41, 5.74) is -0.973. The molecule has 0 spiro atoms. The molecule has 4 aliphatic carbocycles. The van der Waals surface area contributed by atoms with Crippen LogP contribution in [0.4, 0.5) is 4.39 Å². The monoisotopic (exact) mass is 571 g/mol. The fourth-order valence-electron chi connectivity index (χ4n) is 8.89. The van der Waals surface area contributed by atoms with Crippen molar-refractivity contribution in [3.63, 3.8) is 0 Å². The van der Waals surface area contributed by atoms with E-state index in [2.05, 4.69) is 33.0 Å². The first-order valence-electron chi connectivity index (χ1n) is 15.3. The first kappa shape index (κ1) is 29.1. The molecular weight excluding hydrogens is 528 g/mol. The molecule has 0 aromatic heterocycles. The van der Waals surface area contributed by atoms with Gasteiger partial charge in [-0.2, -0.15) is 0 Å². The molecule has 224 valence electrons. The van der Waals surface area contributed by atoms with Crippen molar-refractivity contribution < 1.29 is 38.2 Å². The van der Waals surface area contributed by atoms with Crippen LogP contribution in [0, 0.1) is 39.8 Å². The molecule has 3 N–H and O–H groups in total. The average Bonchev–Trinajstić information content (AvgIpc) is 3.61. The Morgan fingerprint density at radius 3 is 2.71 bits per heavy atom. The van der Waals surface area contributed by atoms with Crippen LogP contribution in [-0.2, 0) is 25.6 Å². The van der Waals surface area contributed by atoms with Crippen LogP contribution in [0.15, 0.2) is 12.1 Å². The second kappa shape index (κ2) is 10.3. The highest BCUT2D eigenvalue weighted by atomic mass is 19.1. The number of halogens is 1. The van der Waals surface area contributed by atoms with E-state index < -0.39 is 48.5 Å². The Balaban J connectivity index is 1.29. The molecule has 1 aromatic carbocycles. The molecular formula is C31H43BFNO7. The molecule has 0 amide bonds. The number of ketones is 1. The minimum Gasteiger partial charge on any atom is -0.479 e. The summed E-state index contributed by atoms with van der Waals surface area (Å²) in [6, 6.07) is 3.49. The van der Waals surface area contributed by atoms with Gasteiger partial charge in [0.05, 0.1) is 12.7 Å². The van der Waals surface area contributed by atoms with Gasteiger partial charge >= 0.3 is 13.1 Å². The van der Waals surface area contributed by atoms with Crippen LogP contribution in [0.1, 0.15) is 78.2 Å². The smallest absolute Gasteiger partial charge is 0.479 e. The summed E-state index contributed by atoms with van der Waals surface area (Å²) in [6.45, 7) is 8.64. The van der Waals surface area contributed by atoms with Gasteiger partial charge in [-0.25, -0.2) is 9.18 Å². The van der Waals surface area contributed by atoms with E-state index in [9.17, 15) is 19.7 Å². The lowest BCUT2D eigenvalue weighted by Gasteiger charge is -2.62. The summed E-state index contributed by atoms with van der Waals surface area (Å²) in [4.78, 5) is 27.0. The number of fused-ring (bicyclic) bond motifs is 1. The van der Waals surface area contributed by atoms with E-state index in [1.807, 2.05) is 0 Å². The summed E-state index contributed by atoms with van der Waals surface area (Å²) in [7, 11) is -1.37. The molecule has 0 saturated heterocycles. The SMILES string of the molecule is C[C@@H]1CC[C@@]23CCC(=O)[C@H]2[C@]1(C)[C@H](OC(=O)COc1ccc2c(c1F)B(O)OC2)C[C@@](C)(CNC1CC1)[C@@H](O)[C@@H]3C. The zero-order valence-electron chi connectivity index (χ0n) is 24.6. The Labute approximate surface area is 241 Å². The average molecular weight is 571 g/mol. The third-order valence-electron chi connectivity index (χ3n) is 11.8. The second-order valence-electron chi connectivity index (χ2n) is 14.1. The number of aliphatic hydroxyl groups is 1. The van der Waals surface area contributed by atoms with Gasteiger partial charge in [0.25, 0.3) is 0 Å². The number of benzene rings is 1. The number of Topliss-reactive ketones (excluding diaryl/α,β-unsaturated/α-hetero) is 1. The predicted octanol–water partition coefficient (Wildman–Crippen LogP) is 2.89. The quantitative estimate of drug-likeness (QED) is 0.338. The van der Waals surface area contributed by atoms with Gasteiger partial charge in [-0.1, -0.05) is 33.8 Å². The summed E-state index contributed by atoms with van der Waals surface area (Å²) in [5.74, 6) is -1.61. The Morgan fingerprint density at radius 2 is 1.98 bits per heavy atom. The van der Waals surface area contributed by atoms with E-state index in [4.69, 9.17) is 14.1 Å². The lowest BCUT2D eigenvalue weighted by molar-refractivity contribution is -0.212. The van der Waals surface area contributed by atoms with Crippen molar-refractivity contribution in [3.8, 4) is 5.75 Å². The first-order valence-corrected chi connectivity index (χ1v) is 15.3. The van der Waals surface area contributed by atoms with Crippen LogP contribution >= 0.6 is 0 Å². The molecule has 2 bridgehead atoms. The van der Waals surface area contributed by atoms with Gasteiger partial charge in [0.2, 0.25) is 0 Å². The fourth-order valence-corrected chi connectivity index (χ4v) is 8.89. The van der Waals surface area contributed by atoms with Crippen LogP contribution in [0.3, 0.4) is 0 Å². The molecule has 0 unspecified atom stereocenters. The van der Waals surface area contributed by atoms with Gasteiger partial charge < -0.3 is 29.6 Å². The van der Waals surface area contributed by atoms with E-state index in [1.54, 1.807) is 6.07 Å². The number of ether oxygens (including phenoxy) is 2. The molecule has 6 rings (SSSR count). The maximum absolute atomic E-state index is 15.0. The number of nitrogens with one attached hydrogen (secondary N) is 1. The zero-order valence-corrected chi connectivity index (χ0v) is 24.6. The van der Waals surface area contributed by atoms with Gasteiger partial charge in [0.15, 0.2) is 18.2 Å². The van der Waals surface area contributed by atoms with Crippen molar-refractivity contribution in [1.29, 1.82) is 0 Å². The van der Waals surface area contributed by atoms with E-state index in [0.29, 0.717) is 31.0 Å². The number of hydrogen-bond acceptors (Lipinski definition) is 8. The lowest BCUT2D eigenvalue weighted by atomic mass is 9.44. The van der Waals surface area contributed by atoms with Crippen molar-refractivity contribution in [2.45, 2.75) is 97.5 Å². The van der Waals surface area contributed by atoms with Gasteiger partial charge in [0.1, 0.15) is 11.9 Å². The number of aliphatic hydroxyl groups excluding tert-OH is 1. The van der Waals surface area contributed by atoms with Gasteiger partial charge in [-0.05, 0) is 67.4 Å². The molecule has 1 aliphatic heterocycles. The lowest BCUT2D eigenvalue weighted by Crippen LogP contribution is -2.64. The van der Waals surface area contributed by atoms with Crippen LogP contribution < -0.4 is 15.5 Å². The molecule has 10 heteroatoms. The molecule has 8 atom stereocenters. The highest BCUT2D eigenvalue weighted by Crippen LogP contribution is 2.67. The maximum Gasteiger partial charge on any atom is 0.494 e. The highest BCUT2D eigenvalue weighted by Gasteiger charge is 2.68. The number of rotatable bonds is 7. The van der Waals surface area contributed by atoms with Crippen molar-refractivity contribution in [2.75, 3.05) is 13.2 Å². The molecule has 5 aliphatic rings. The van der Waals surface area contributed by atoms with Crippen molar-refractivity contribution in [3.05, 3.63) is 23.5 Å². The Morgan fingerprint density at radius 1 is 1.22 bits per heavy atom. The Bertz CT molecular complexity index is 1230. The topological polar surface area (TPSA) is 114 Å². The summed E-state index contributed by atoms with van der Waals surface area (Å²) >= 11 is 0. The van der Waals surface area contributed by atoms with E-state index >= 15 is 4.39 Å². The van der Waals surface area contributed by atoms with Crippen LogP contribution in [0.5, 0.6) is 5.75 Å². The van der Waals surface area contributed by atoms with Gasteiger partial charge in [-0.15, -0.1) is 0 Å². The minimum atomic E-state index is -1.37. The number of carbonyl (C=O) groups is 2. The van der Waals surface area contributed by atoms with Gasteiger partial charge in [-0.3, -0.25) is 4.79 Å². The molecule has 0 radical (unpaired) electrons. The molecule has 1 aromatic rings. The summed E-state index contributed by atoms with van der Waals surface area (Å²) < 4.78 is 32.0. The first-order chi connectivity index (χ1) is 19.4. The fraction of sp³-hybridized carbons (Fsp3) is 0.742. The zero-order chi connectivity index (χ0) is 29.3. The van der Waals surface area contributed by atoms with Crippen LogP contribution in [0.2, 0.25) is 0 Å². The predicted molar refractivity (Wildman–Crippen MR) is 150 cm³/mol. The molecule has 4 fully saturated rings. The highest BCUT2D eigenvalue weighted by molar-refractivity contribution is 6.61. The maximum atomic E-state index is 15.0. The normalized spacial score (nSPS) is 40.0.